The fourth-order valence-electron chi connectivity index (χ4n) is 5.74. The molecule has 2 fully saturated rings. The van der Waals surface area contributed by atoms with Crippen molar-refractivity contribution in [1.29, 1.82) is 0 Å². The number of imide groups is 1. The van der Waals surface area contributed by atoms with E-state index in [9.17, 15) is 14.4 Å². The van der Waals surface area contributed by atoms with Crippen LogP contribution in [0.4, 0.5) is 5.69 Å². The van der Waals surface area contributed by atoms with E-state index in [1.165, 1.54) is 14.2 Å². The summed E-state index contributed by atoms with van der Waals surface area (Å²) in [7, 11) is 4.36. The van der Waals surface area contributed by atoms with Gasteiger partial charge in [0.25, 0.3) is 0 Å². The first kappa shape index (κ1) is 26.2. The van der Waals surface area contributed by atoms with Gasteiger partial charge in [0.2, 0.25) is 11.8 Å². The van der Waals surface area contributed by atoms with Gasteiger partial charge in [0.15, 0.2) is 11.5 Å². The molecule has 3 aliphatic heterocycles. The van der Waals surface area contributed by atoms with Crippen molar-refractivity contribution in [3.63, 3.8) is 0 Å². The van der Waals surface area contributed by atoms with E-state index in [1.54, 1.807) is 55.3 Å². The Hall–Kier alpha value is -3.44. The smallest absolute Gasteiger partial charge is 0.326 e. The third kappa shape index (κ3) is 4.04. The molecule has 2 aromatic carbocycles. The predicted molar refractivity (Wildman–Crippen MR) is 140 cm³/mol. The van der Waals surface area contributed by atoms with Crippen LogP contribution >= 0.6 is 11.8 Å². The molecule has 0 bridgehead atoms. The van der Waals surface area contributed by atoms with Crippen LogP contribution in [-0.4, -0.2) is 69.9 Å². The van der Waals surface area contributed by atoms with Crippen LogP contribution in [0.3, 0.4) is 0 Å². The summed E-state index contributed by atoms with van der Waals surface area (Å²) in [6.45, 7) is 0.791. The molecular formula is C27H30N2O8S. The molecule has 3 aliphatic rings. The maximum atomic E-state index is 14.1. The Bertz CT molecular complexity index is 1270. The first-order chi connectivity index (χ1) is 18.4. The lowest BCUT2D eigenvalue weighted by atomic mass is 9.77. The highest BCUT2D eigenvalue weighted by Gasteiger charge is 2.69. The Morgan fingerprint density at radius 1 is 1.05 bits per heavy atom. The summed E-state index contributed by atoms with van der Waals surface area (Å²) in [6, 6.07) is 9.54. The average Bonchev–Trinajstić information content (AvgIpc) is 3.44. The fraction of sp³-hybridized carbons (Fsp3) is 0.444. The number of nitrogens with zero attached hydrogens (tertiary/aromatic N) is 1. The largest absolute Gasteiger partial charge is 0.497 e. The molecule has 0 aliphatic carbocycles. The third-order valence-electron chi connectivity index (χ3n) is 7.46. The zero-order valence-electron chi connectivity index (χ0n) is 21.6. The zero-order chi connectivity index (χ0) is 27.0. The number of nitrogens with one attached hydrogen (secondary N) is 1. The number of carbonyl (C=O) groups is 3. The maximum absolute atomic E-state index is 14.1. The molecule has 0 spiro atoms. The number of rotatable bonds is 8. The molecule has 0 unspecified atom stereocenters. The summed E-state index contributed by atoms with van der Waals surface area (Å²) in [4.78, 5) is 42.8. The van der Waals surface area contributed by atoms with Crippen molar-refractivity contribution >= 4 is 35.2 Å². The quantitative estimate of drug-likeness (QED) is 0.395. The second-order valence-electron chi connectivity index (χ2n) is 9.28. The first-order valence-electron chi connectivity index (χ1n) is 12.2. The molecule has 3 heterocycles. The van der Waals surface area contributed by atoms with Crippen molar-refractivity contribution in [3.05, 3.63) is 42.0 Å². The van der Waals surface area contributed by atoms with Gasteiger partial charge >= 0.3 is 5.97 Å². The Morgan fingerprint density at radius 2 is 1.82 bits per heavy atom. The van der Waals surface area contributed by atoms with Crippen LogP contribution in [-0.2, 0) is 19.1 Å². The van der Waals surface area contributed by atoms with Gasteiger partial charge in [-0.05, 0) is 36.6 Å². The normalized spacial score (nSPS) is 25.8. The van der Waals surface area contributed by atoms with Crippen molar-refractivity contribution < 1.29 is 38.1 Å². The summed E-state index contributed by atoms with van der Waals surface area (Å²) in [6.07, 6.45) is 2.22. The Balaban J connectivity index is 1.64. The van der Waals surface area contributed by atoms with E-state index >= 15 is 0 Å². The Morgan fingerprint density at radius 3 is 2.50 bits per heavy atom. The van der Waals surface area contributed by atoms with Gasteiger partial charge in [-0.2, -0.15) is 11.8 Å². The minimum atomic E-state index is -1.41. The number of hydrogen-bond acceptors (Lipinski definition) is 10. The maximum Gasteiger partial charge on any atom is 0.326 e. The van der Waals surface area contributed by atoms with E-state index < -0.39 is 41.2 Å². The molecule has 2 amide bonds. The molecule has 0 saturated carbocycles. The van der Waals surface area contributed by atoms with Crippen LogP contribution < -0.4 is 29.2 Å². The first-order valence-corrected chi connectivity index (χ1v) is 13.6. The minimum absolute atomic E-state index is 0.297. The molecule has 0 aromatic heterocycles. The second-order valence-corrected chi connectivity index (χ2v) is 10.3. The molecule has 5 rings (SSSR count). The minimum Gasteiger partial charge on any atom is -0.497 e. The molecular weight excluding hydrogens is 512 g/mol. The zero-order valence-corrected chi connectivity index (χ0v) is 22.5. The van der Waals surface area contributed by atoms with E-state index in [-0.39, 0.29) is 0 Å². The number of anilines is 1. The molecule has 11 heteroatoms. The van der Waals surface area contributed by atoms with Gasteiger partial charge in [-0.3, -0.25) is 19.7 Å². The van der Waals surface area contributed by atoms with Gasteiger partial charge < -0.3 is 23.7 Å². The summed E-state index contributed by atoms with van der Waals surface area (Å²) in [5.74, 6) is -0.695. The topological polar surface area (TPSA) is 113 Å². The number of methoxy groups -OCH3 is 3. The molecule has 2 saturated heterocycles. The highest BCUT2D eigenvalue weighted by Crippen LogP contribution is 2.53. The molecule has 202 valence electrons. The van der Waals surface area contributed by atoms with E-state index in [2.05, 4.69) is 5.32 Å². The third-order valence-corrected chi connectivity index (χ3v) is 8.08. The number of benzene rings is 2. The molecule has 0 radical (unpaired) electrons. The van der Waals surface area contributed by atoms with Crippen LogP contribution in [0.1, 0.15) is 18.0 Å². The van der Waals surface area contributed by atoms with Gasteiger partial charge in [0.1, 0.15) is 30.3 Å². The highest BCUT2D eigenvalue weighted by molar-refractivity contribution is 7.98. The van der Waals surface area contributed by atoms with Gasteiger partial charge in [-0.1, -0.05) is 6.07 Å². The number of ether oxygens (including phenoxy) is 5. The molecule has 2 aromatic rings. The monoisotopic (exact) mass is 542 g/mol. The fourth-order valence-corrected chi connectivity index (χ4v) is 6.26. The summed E-state index contributed by atoms with van der Waals surface area (Å²) >= 11 is 1.54. The number of fused-ring (bicyclic) bond motifs is 2. The Labute approximate surface area is 224 Å². The van der Waals surface area contributed by atoms with Gasteiger partial charge in [-0.25, -0.2) is 4.90 Å². The van der Waals surface area contributed by atoms with Crippen molar-refractivity contribution in [1.82, 2.24) is 5.32 Å². The molecule has 1 N–H and O–H groups in total. The Kier molecular flexibility index (Phi) is 7.15. The number of carbonyl (C=O) groups excluding carboxylic acids is 3. The van der Waals surface area contributed by atoms with Gasteiger partial charge in [-0.15, -0.1) is 0 Å². The van der Waals surface area contributed by atoms with Crippen LogP contribution in [0, 0.1) is 11.8 Å². The number of esters is 1. The van der Waals surface area contributed by atoms with Crippen LogP contribution in [0.15, 0.2) is 36.4 Å². The van der Waals surface area contributed by atoms with E-state index in [0.717, 1.165) is 4.90 Å². The molecule has 38 heavy (non-hydrogen) atoms. The number of amides is 2. The van der Waals surface area contributed by atoms with E-state index in [0.29, 0.717) is 59.6 Å². The van der Waals surface area contributed by atoms with Crippen molar-refractivity contribution in [3.8, 4) is 23.0 Å². The highest BCUT2D eigenvalue weighted by atomic mass is 32.2. The summed E-state index contributed by atoms with van der Waals surface area (Å²) < 4.78 is 27.5. The van der Waals surface area contributed by atoms with Crippen molar-refractivity contribution in [2.75, 3.05) is 51.5 Å². The van der Waals surface area contributed by atoms with E-state index in [1.807, 2.05) is 6.26 Å². The van der Waals surface area contributed by atoms with E-state index in [4.69, 9.17) is 23.7 Å². The van der Waals surface area contributed by atoms with Gasteiger partial charge in [0.05, 0.1) is 38.9 Å². The average molecular weight is 543 g/mol. The summed E-state index contributed by atoms with van der Waals surface area (Å²) in [5.41, 5.74) is -0.404. The lowest BCUT2D eigenvalue weighted by Gasteiger charge is -2.32. The lowest BCUT2D eigenvalue weighted by Crippen LogP contribution is -2.56. The SMILES string of the molecule is COC(=O)[C@]1(CCSC)N[C@H](c2ccc(OC)cc2OC)[C@@H]2C(=O)N(c3ccc4c(c3)OCCO4)C(=O)[C@H]21. The molecule has 10 nitrogen and oxygen atoms in total. The predicted octanol–water partition coefficient (Wildman–Crippen LogP) is 2.59. The lowest BCUT2D eigenvalue weighted by molar-refractivity contribution is -0.152. The van der Waals surface area contributed by atoms with Crippen molar-refractivity contribution in [2.24, 2.45) is 11.8 Å². The van der Waals surface area contributed by atoms with Crippen LogP contribution in [0.2, 0.25) is 0 Å². The number of thioether (sulfide) groups is 1. The van der Waals surface area contributed by atoms with Crippen LogP contribution in [0.5, 0.6) is 23.0 Å². The van der Waals surface area contributed by atoms with Crippen molar-refractivity contribution in [2.45, 2.75) is 18.0 Å². The number of hydrogen-bond donors (Lipinski definition) is 1. The second kappa shape index (κ2) is 10.4. The summed E-state index contributed by atoms with van der Waals surface area (Å²) in [5, 5.41) is 3.38. The van der Waals surface area contributed by atoms with Gasteiger partial charge in [0, 0.05) is 23.7 Å². The van der Waals surface area contributed by atoms with Crippen LogP contribution in [0.25, 0.3) is 0 Å². The molecule has 4 atom stereocenters. The standard InChI is InChI=1S/C27H30N2O8S/c1-33-16-6-7-17(19(14-16)34-2)23-21-22(27(28-23,9-12-38-4)26(32)35-3)25(31)29(24(21)30)15-5-8-18-20(13-15)37-11-10-36-18/h5-8,13-14,21-23,28H,9-12H2,1-4H3/t21-,22+,23-,27-/m1/s1.